The van der Waals surface area contributed by atoms with Crippen molar-refractivity contribution in [3.8, 4) is 0 Å². The van der Waals surface area contributed by atoms with Crippen LogP contribution in [0.4, 0.5) is 5.95 Å². The first-order valence-electron chi connectivity index (χ1n) is 6.57. The highest BCUT2D eigenvalue weighted by molar-refractivity contribution is 5.45. The van der Waals surface area contributed by atoms with Crippen LogP contribution in [0.15, 0.2) is 18.3 Å². The van der Waals surface area contributed by atoms with Gasteiger partial charge in [-0.15, -0.1) is 5.10 Å². The van der Waals surface area contributed by atoms with Crippen molar-refractivity contribution < 1.29 is 0 Å². The highest BCUT2D eigenvalue weighted by Crippen LogP contribution is 2.20. The first-order chi connectivity index (χ1) is 8.72. The molecule has 0 radical (unpaired) electrons. The third-order valence-electron chi connectivity index (χ3n) is 3.63. The second-order valence-electron chi connectivity index (χ2n) is 5.14. The number of pyridine rings is 1. The maximum atomic E-state index is 6.12. The lowest BCUT2D eigenvalue weighted by molar-refractivity contribution is 0.402. The Morgan fingerprint density at radius 1 is 1.39 bits per heavy atom. The fraction of sp³-hybridized carbons (Fsp3) is 0.538. The van der Waals surface area contributed by atoms with E-state index in [1.807, 2.05) is 18.3 Å². The van der Waals surface area contributed by atoms with Gasteiger partial charge < -0.3 is 11.1 Å². The van der Waals surface area contributed by atoms with Crippen LogP contribution in [0.1, 0.15) is 31.2 Å². The Hall–Kier alpha value is -1.62. The standard InChI is InChI=1S/C13H19N5/c1-9-6-7-18-12(8-9)16-13(17-18)15-11-5-3-2-4-10(11)14/h6-8,10-11H,2-5,14H2,1H3,(H,15,17)/t10-,11-/m1/s1. The van der Waals surface area contributed by atoms with Crippen LogP contribution in [0.2, 0.25) is 0 Å². The second kappa shape index (κ2) is 4.57. The molecule has 96 valence electrons. The number of aromatic nitrogens is 3. The normalized spacial score (nSPS) is 24.3. The Bertz CT molecular complexity index is 547. The van der Waals surface area contributed by atoms with Crippen LogP contribution in [0.5, 0.6) is 0 Å². The number of fused-ring (bicyclic) bond motifs is 1. The van der Waals surface area contributed by atoms with E-state index in [-0.39, 0.29) is 6.04 Å². The number of nitrogens with one attached hydrogen (secondary N) is 1. The molecule has 1 aliphatic carbocycles. The largest absolute Gasteiger partial charge is 0.349 e. The van der Waals surface area contributed by atoms with Crippen molar-refractivity contribution in [1.29, 1.82) is 0 Å². The minimum absolute atomic E-state index is 0.215. The summed E-state index contributed by atoms with van der Waals surface area (Å²) in [7, 11) is 0. The second-order valence-corrected chi connectivity index (χ2v) is 5.14. The van der Waals surface area contributed by atoms with Gasteiger partial charge in [0, 0.05) is 18.3 Å². The van der Waals surface area contributed by atoms with Crippen LogP contribution >= 0.6 is 0 Å². The predicted molar refractivity (Wildman–Crippen MR) is 71.6 cm³/mol. The maximum Gasteiger partial charge on any atom is 0.243 e. The highest BCUT2D eigenvalue weighted by Gasteiger charge is 2.22. The van der Waals surface area contributed by atoms with E-state index in [4.69, 9.17) is 5.73 Å². The zero-order chi connectivity index (χ0) is 12.5. The number of aryl methyl sites for hydroxylation is 1. The van der Waals surface area contributed by atoms with Crippen molar-refractivity contribution in [2.45, 2.75) is 44.7 Å². The molecule has 0 bridgehead atoms. The quantitative estimate of drug-likeness (QED) is 0.845. The summed E-state index contributed by atoms with van der Waals surface area (Å²) in [5, 5.41) is 7.79. The van der Waals surface area contributed by atoms with Crippen LogP contribution < -0.4 is 11.1 Å². The molecule has 0 saturated heterocycles. The SMILES string of the molecule is Cc1ccn2nc(N[C@@H]3CCCC[C@H]3N)nc2c1. The summed E-state index contributed by atoms with van der Waals surface area (Å²) in [6.45, 7) is 2.05. The van der Waals surface area contributed by atoms with E-state index >= 15 is 0 Å². The van der Waals surface area contributed by atoms with Gasteiger partial charge in [0.2, 0.25) is 5.95 Å². The van der Waals surface area contributed by atoms with Gasteiger partial charge in [0.15, 0.2) is 5.65 Å². The molecular weight excluding hydrogens is 226 g/mol. The number of hydrogen-bond donors (Lipinski definition) is 2. The Kier molecular flexibility index (Phi) is 2.91. The van der Waals surface area contributed by atoms with E-state index in [9.17, 15) is 0 Å². The fourth-order valence-corrected chi connectivity index (χ4v) is 2.55. The Morgan fingerprint density at radius 2 is 2.22 bits per heavy atom. The van der Waals surface area contributed by atoms with Gasteiger partial charge in [-0.25, -0.2) is 4.52 Å². The summed E-state index contributed by atoms with van der Waals surface area (Å²) in [4.78, 5) is 4.49. The van der Waals surface area contributed by atoms with Gasteiger partial charge in [-0.3, -0.25) is 0 Å². The van der Waals surface area contributed by atoms with Crippen molar-refractivity contribution in [2.75, 3.05) is 5.32 Å². The number of nitrogens with zero attached hydrogens (tertiary/aromatic N) is 3. The minimum atomic E-state index is 0.215. The number of anilines is 1. The third-order valence-corrected chi connectivity index (χ3v) is 3.63. The summed E-state index contributed by atoms with van der Waals surface area (Å²) < 4.78 is 1.80. The Balaban J connectivity index is 1.81. The molecule has 5 heteroatoms. The van der Waals surface area contributed by atoms with Gasteiger partial charge in [-0.1, -0.05) is 12.8 Å². The Morgan fingerprint density at radius 3 is 3.06 bits per heavy atom. The lowest BCUT2D eigenvalue weighted by Gasteiger charge is -2.28. The lowest BCUT2D eigenvalue weighted by Crippen LogP contribution is -2.42. The van der Waals surface area contributed by atoms with Crippen molar-refractivity contribution in [2.24, 2.45) is 5.73 Å². The van der Waals surface area contributed by atoms with Crippen LogP contribution in [0, 0.1) is 6.92 Å². The minimum Gasteiger partial charge on any atom is -0.349 e. The van der Waals surface area contributed by atoms with Crippen molar-refractivity contribution >= 4 is 11.6 Å². The first-order valence-corrected chi connectivity index (χ1v) is 6.57. The van der Waals surface area contributed by atoms with E-state index in [1.165, 1.54) is 18.4 Å². The monoisotopic (exact) mass is 245 g/mol. The van der Waals surface area contributed by atoms with Crippen LogP contribution in [-0.4, -0.2) is 26.7 Å². The van der Waals surface area contributed by atoms with Crippen molar-refractivity contribution in [3.05, 3.63) is 23.9 Å². The summed E-state index contributed by atoms with van der Waals surface area (Å²) >= 11 is 0. The third kappa shape index (κ3) is 2.18. The molecule has 2 aromatic heterocycles. The number of hydrogen-bond acceptors (Lipinski definition) is 4. The van der Waals surface area contributed by atoms with Crippen LogP contribution in [-0.2, 0) is 0 Å². The zero-order valence-corrected chi connectivity index (χ0v) is 10.6. The van der Waals surface area contributed by atoms with Gasteiger partial charge in [0.25, 0.3) is 0 Å². The van der Waals surface area contributed by atoms with E-state index in [2.05, 4.69) is 22.3 Å². The molecule has 1 fully saturated rings. The molecule has 18 heavy (non-hydrogen) atoms. The van der Waals surface area contributed by atoms with Gasteiger partial charge in [-0.05, 0) is 37.5 Å². The van der Waals surface area contributed by atoms with E-state index in [0.29, 0.717) is 12.0 Å². The molecule has 3 rings (SSSR count). The molecule has 0 aromatic carbocycles. The average molecular weight is 245 g/mol. The molecule has 0 amide bonds. The summed E-state index contributed by atoms with van der Waals surface area (Å²) in [6, 6.07) is 4.57. The smallest absolute Gasteiger partial charge is 0.243 e. The molecule has 2 atom stereocenters. The topological polar surface area (TPSA) is 68.2 Å². The maximum absolute atomic E-state index is 6.12. The molecule has 1 saturated carbocycles. The van der Waals surface area contributed by atoms with E-state index in [1.54, 1.807) is 4.52 Å². The summed E-state index contributed by atoms with van der Waals surface area (Å²) in [5.41, 5.74) is 8.19. The lowest BCUT2D eigenvalue weighted by atomic mass is 9.91. The molecule has 0 unspecified atom stereocenters. The summed E-state index contributed by atoms with van der Waals surface area (Å²) in [6.07, 6.45) is 6.60. The average Bonchev–Trinajstić information content (AvgIpc) is 2.73. The molecule has 2 aromatic rings. The molecule has 0 aliphatic heterocycles. The van der Waals surface area contributed by atoms with Crippen LogP contribution in [0.25, 0.3) is 5.65 Å². The van der Waals surface area contributed by atoms with E-state index in [0.717, 1.165) is 18.5 Å². The number of rotatable bonds is 2. The molecule has 5 nitrogen and oxygen atoms in total. The van der Waals surface area contributed by atoms with E-state index < -0.39 is 0 Å². The molecule has 0 spiro atoms. The van der Waals surface area contributed by atoms with Crippen molar-refractivity contribution in [3.63, 3.8) is 0 Å². The van der Waals surface area contributed by atoms with Crippen molar-refractivity contribution in [1.82, 2.24) is 14.6 Å². The van der Waals surface area contributed by atoms with Gasteiger partial charge in [-0.2, -0.15) is 4.98 Å². The van der Waals surface area contributed by atoms with Gasteiger partial charge in [0.1, 0.15) is 0 Å². The number of nitrogens with two attached hydrogens (primary N) is 1. The summed E-state index contributed by atoms with van der Waals surface area (Å²) in [5.74, 6) is 0.683. The van der Waals surface area contributed by atoms with Gasteiger partial charge >= 0.3 is 0 Å². The molecule has 3 N–H and O–H groups in total. The molecular formula is C13H19N5. The molecule has 1 aliphatic rings. The zero-order valence-electron chi connectivity index (χ0n) is 10.6. The van der Waals surface area contributed by atoms with Crippen LogP contribution in [0.3, 0.4) is 0 Å². The molecule has 2 heterocycles. The van der Waals surface area contributed by atoms with Gasteiger partial charge in [0.05, 0.1) is 0 Å². The fourth-order valence-electron chi connectivity index (χ4n) is 2.55. The Labute approximate surface area is 106 Å². The highest BCUT2D eigenvalue weighted by atomic mass is 15.3. The predicted octanol–water partition coefficient (Wildman–Crippen LogP) is 1.72. The first kappa shape index (κ1) is 11.5.